The number of benzene rings is 2. The second-order valence-corrected chi connectivity index (χ2v) is 6.97. The van der Waals surface area contributed by atoms with Crippen LogP contribution in [0.2, 0.25) is 5.02 Å². The van der Waals surface area contributed by atoms with Crippen molar-refractivity contribution in [3.63, 3.8) is 0 Å². The number of nitrogens with one attached hydrogen (secondary N) is 1. The first-order valence-electron chi connectivity index (χ1n) is 5.54. The SMILES string of the molecule is Cc1cc(F)ccc1S(=O)(=O)Nc1cccc(Cl)c1Br. The quantitative estimate of drug-likeness (QED) is 0.863. The van der Waals surface area contributed by atoms with Crippen molar-refractivity contribution in [2.24, 2.45) is 0 Å². The molecule has 0 radical (unpaired) electrons. The van der Waals surface area contributed by atoms with Crippen molar-refractivity contribution in [3.05, 3.63) is 57.3 Å². The zero-order valence-electron chi connectivity index (χ0n) is 10.3. The first-order chi connectivity index (χ1) is 9.31. The Labute approximate surface area is 130 Å². The summed E-state index contributed by atoms with van der Waals surface area (Å²) in [5.74, 6) is -0.481. The number of halogens is 3. The molecule has 2 aromatic carbocycles. The molecular weight excluding hydrogens is 369 g/mol. The molecule has 20 heavy (non-hydrogen) atoms. The molecule has 0 aliphatic rings. The summed E-state index contributed by atoms with van der Waals surface area (Å²) < 4.78 is 40.5. The molecule has 0 atom stereocenters. The molecule has 0 saturated carbocycles. The molecule has 2 aromatic rings. The van der Waals surface area contributed by atoms with Gasteiger partial charge in [0, 0.05) is 0 Å². The van der Waals surface area contributed by atoms with Gasteiger partial charge in [-0.05, 0) is 58.7 Å². The van der Waals surface area contributed by atoms with E-state index in [1.54, 1.807) is 18.2 Å². The summed E-state index contributed by atoms with van der Waals surface area (Å²) in [5, 5.41) is 0.390. The lowest BCUT2D eigenvalue weighted by Gasteiger charge is -2.12. The molecule has 106 valence electrons. The predicted molar refractivity (Wildman–Crippen MR) is 81.1 cm³/mol. The van der Waals surface area contributed by atoms with Crippen LogP contribution >= 0.6 is 27.5 Å². The summed E-state index contributed by atoms with van der Waals surface area (Å²) in [4.78, 5) is 0.0192. The Morgan fingerprint density at radius 1 is 1.25 bits per heavy atom. The second-order valence-electron chi connectivity index (χ2n) is 4.12. The number of sulfonamides is 1. The Morgan fingerprint density at radius 2 is 1.95 bits per heavy atom. The van der Waals surface area contributed by atoms with Crippen LogP contribution in [-0.2, 0) is 10.0 Å². The van der Waals surface area contributed by atoms with Crippen molar-refractivity contribution in [2.75, 3.05) is 4.72 Å². The largest absolute Gasteiger partial charge is 0.278 e. The van der Waals surface area contributed by atoms with E-state index >= 15 is 0 Å². The van der Waals surface area contributed by atoms with E-state index in [9.17, 15) is 12.8 Å². The maximum absolute atomic E-state index is 13.0. The number of anilines is 1. The van der Waals surface area contributed by atoms with Gasteiger partial charge in [-0.15, -0.1) is 0 Å². The van der Waals surface area contributed by atoms with Crippen LogP contribution in [0.5, 0.6) is 0 Å². The van der Waals surface area contributed by atoms with Crippen LogP contribution in [0.3, 0.4) is 0 Å². The highest BCUT2D eigenvalue weighted by Crippen LogP contribution is 2.31. The Hall–Kier alpha value is -1.11. The van der Waals surface area contributed by atoms with Crippen molar-refractivity contribution >= 4 is 43.2 Å². The lowest BCUT2D eigenvalue weighted by Crippen LogP contribution is -2.14. The first kappa shape index (κ1) is 15.3. The summed E-state index contributed by atoms with van der Waals surface area (Å²) in [6, 6.07) is 8.34. The minimum atomic E-state index is -3.81. The van der Waals surface area contributed by atoms with Crippen molar-refractivity contribution in [2.45, 2.75) is 11.8 Å². The third kappa shape index (κ3) is 3.13. The van der Waals surface area contributed by atoms with E-state index in [0.717, 1.165) is 6.07 Å². The molecule has 0 amide bonds. The highest BCUT2D eigenvalue weighted by atomic mass is 79.9. The number of rotatable bonds is 3. The maximum Gasteiger partial charge on any atom is 0.262 e. The molecule has 0 fully saturated rings. The van der Waals surface area contributed by atoms with E-state index in [-0.39, 0.29) is 4.90 Å². The molecule has 2 rings (SSSR count). The Bertz CT molecular complexity index is 765. The van der Waals surface area contributed by atoms with Crippen LogP contribution in [0.25, 0.3) is 0 Å². The molecule has 0 aromatic heterocycles. The van der Waals surface area contributed by atoms with E-state index < -0.39 is 15.8 Å². The number of hydrogen-bond donors (Lipinski definition) is 1. The Kier molecular flexibility index (Phi) is 4.36. The van der Waals surface area contributed by atoms with E-state index in [2.05, 4.69) is 20.7 Å². The molecule has 0 spiro atoms. The normalized spacial score (nSPS) is 11.4. The lowest BCUT2D eigenvalue weighted by molar-refractivity contribution is 0.598. The van der Waals surface area contributed by atoms with Gasteiger partial charge in [0.15, 0.2) is 0 Å². The highest BCUT2D eigenvalue weighted by molar-refractivity contribution is 9.10. The third-order valence-corrected chi connectivity index (χ3v) is 5.55. The first-order valence-corrected chi connectivity index (χ1v) is 8.19. The van der Waals surface area contributed by atoms with Gasteiger partial charge in [0.2, 0.25) is 0 Å². The minimum absolute atomic E-state index is 0.0192. The standard InChI is InChI=1S/C13H10BrClFNO2S/c1-8-7-9(16)5-6-12(8)20(18,19)17-11-4-2-3-10(15)13(11)14/h2-7,17H,1H3. The van der Waals surface area contributed by atoms with Crippen molar-refractivity contribution in [1.29, 1.82) is 0 Å². The molecule has 7 heteroatoms. The minimum Gasteiger partial charge on any atom is -0.278 e. The van der Waals surface area contributed by atoms with E-state index in [1.165, 1.54) is 19.1 Å². The molecule has 0 heterocycles. The average Bonchev–Trinajstić information content (AvgIpc) is 2.34. The van der Waals surface area contributed by atoms with Crippen LogP contribution < -0.4 is 4.72 Å². The van der Waals surface area contributed by atoms with Gasteiger partial charge in [-0.2, -0.15) is 0 Å². The van der Waals surface area contributed by atoms with Crippen molar-refractivity contribution < 1.29 is 12.8 Å². The molecule has 0 aliphatic heterocycles. The molecule has 0 bridgehead atoms. The highest BCUT2D eigenvalue weighted by Gasteiger charge is 2.19. The zero-order valence-corrected chi connectivity index (χ0v) is 13.5. The Morgan fingerprint density at radius 3 is 2.60 bits per heavy atom. The number of aryl methyl sites for hydroxylation is 1. The van der Waals surface area contributed by atoms with Gasteiger partial charge < -0.3 is 0 Å². The summed E-state index contributed by atoms with van der Waals surface area (Å²) in [6.07, 6.45) is 0. The van der Waals surface area contributed by atoms with Gasteiger partial charge in [-0.25, -0.2) is 12.8 Å². The fourth-order valence-corrected chi connectivity index (χ4v) is 3.67. The summed E-state index contributed by atoms with van der Waals surface area (Å²) in [5.41, 5.74) is 0.650. The van der Waals surface area contributed by atoms with E-state index in [4.69, 9.17) is 11.6 Å². The van der Waals surface area contributed by atoms with Crippen LogP contribution in [-0.4, -0.2) is 8.42 Å². The molecule has 0 aliphatic carbocycles. The van der Waals surface area contributed by atoms with Crippen LogP contribution in [0, 0.1) is 12.7 Å². The van der Waals surface area contributed by atoms with E-state index in [1.807, 2.05) is 0 Å². The molecule has 3 nitrogen and oxygen atoms in total. The van der Waals surface area contributed by atoms with Gasteiger partial charge in [0.05, 0.1) is 20.1 Å². The predicted octanol–water partition coefficient (Wildman–Crippen LogP) is 4.35. The average molecular weight is 379 g/mol. The summed E-state index contributed by atoms with van der Waals surface area (Å²) >= 11 is 9.13. The number of hydrogen-bond acceptors (Lipinski definition) is 2. The fourth-order valence-electron chi connectivity index (χ4n) is 1.70. The van der Waals surface area contributed by atoms with Crippen LogP contribution in [0.15, 0.2) is 45.8 Å². The lowest BCUT2D eigenvalue weighted by atomic mass is 10.2. The molecule has 0 unspecified atom stereocenters. The van der Waals surface area contributed by atoms with Crippen molar-refractivity contribution in [3.8, 4) is 0 Å². The van der Waals surface area contributed by atoms with Gasteiger partial charge in [-0.3, -0.25) is 4.72 Å². The monoisotopic (exact) mass is 377 g/mol. The van der Waals surface area contributed by atoms with Gasteiger partial charge >= 0.3 is 0 Å². The van der Waals surface area contributed by atoms with E-state index in [0.29, 0.717) is 20.7 Å². The molecule has 0 saturated heterocycles. The summed E-state index contributed by atoms with van der Waals surface area (Å²) in [7, 11) is -3.81. The maximum atomic E-state index is 13.0. The van der Waals surface area contributed by atoms with Gasteiger partial charge in [0.25, 0.3) is 10.0 Å². The molecule has 1 N–H and O–H groups in total. The van der Waals surface area contributed by atoms with Crippen molar-refractivity contribution in [1.82, 2.24) is 0 Å². The van der Waals surface area contributed by atoms with Crippen LogP contribution in [0.1, 0.15) is 5.56 Å². The second kappa shape index (κ2) is 5.71. The summed E-state index contributed by atoms with van der Waals surface area (Å²) in [6.45, 7) is 1.53. The Balaban J connectivity index is 2.44. The fraction of sp³-hybridized carbons (Fsp3) is 0.0769. The smallest absolute Gasteiger partial charge is 0.262 e. The van der Waals surface area contributed by atoms with Crippen LogP contribution in [0.4, 0.5) is 10.1 Å². The zero-order chi connectivity index (χ0) is 14.9. The third-order valence-electron chi connectivity index (χ3n) is 2.62. The van der Waals surface area contributed by atoms with Gasteiger partial charge in [-0.1, -0.05) is 17.7 Å². The molecular formula is C13H10BrClFNO2S. The topological polar surface area (TPSA) is 46.2 Å². The van der Waals surface area contributed by atoms with Gasteiger partial charge in [0.1, 0.15) is 5.82 Å².